The van der Waals surface area contributed by atoms with Gasteiger partial charge in [0.25, 0.3) is 0 Å². The fraction of sp³-hybridized carbons (Fsp3) is 0. The van der Waals surface area contributed by atoms with Crippen molar-refractivity contribution >= 4 is 12.6 Å². The molecule has 0 saturated carbocycles. The molecule has 4 heteroatoms. The summed E-state index contributed by atoms with van der Waals surface area (Å²) in [7, 11) is 0. The summed E-state index contributed by atoms with van der Waals surface area (Å²) in [6.07, 6.45) is 3.22. The minimum absolute atomic E-state index is 0.557. The van der Waals surface area contributed by atoms with E-state index in [1.54, 1.807) is 30.5 Å². The Morgan fingerprint density at radius 1 is 0.643 bits per heavy atom. The van der Waals surface area contributed by atoms with Crippen molar-refractivity contribution in [2.45, 2.75) is 0 Å². The number of carbonyl (C=O) groups excluding carboxylic acids is 2. The zero-order chi connectivity index (χ0) is 19.6. The van der Waals surface area contributed by atoms with Crippen molar-refractivity contribution < 1.29 is 18.7 Å². The molecule has 0 aliphatic carbocycles. The van der Waals surface area contributed by atoms with Crippen molar-refractivity contribution in [2.24, 2.45) is 0 Å². The van der Waals surface area contributed by atoms with Crippen LogP contribution in [0.3, 0.4) is 0 Å². The number of ether oxygens (including phenoxy) is 1. The second kappa shape index (κ2) is 9.69. The van der Waals surface area contributed by atoms with E-state index < -0.39 is 0 Å². The van der Waals surface area contributed by atoms with Gasteiger partial charge < -0.3 is 9.15 Å². The van der Waals surface area contributed by atoms with Crippen LogP contribution < -0.4 is 4.74 Å². The van der Waals surface area contributed by atoms with Gasteiger partial charge in [0.1, 0.15) is 17.3 Å². The van der Waals surface area contributed by atoms with E-state index in [-0.39, 0.29) is 0 Å². The Hall–Kier alpha value is -3.92. The van der Waals surface area contributed by atoms with Crippen molar-refractivity contribution in [2.75, 3.05) is 0 Å². The summed E-state index contributed by atoms with van der Waals surface area (Å²) in [5, 5.41) is 0. The van der Waals surface area contributed by atoms with Gasteiger partial charge in [0.15, 0.2) is 12.6 Å². The average molecular weight is 370 g/mol. The molecule has 0 saturated heterocycles. The van der Waals surface area contributed by atoms with E-state index in [9.17, 15) is 9.59 Å². The second-order valence-electron chi connectivity index (χ2n) is 5.75. The van der Waals surface area contributed by atoms with Gasteiger partial charge in [0.2, 0.25) is 0 Å². The summed E-state index contributed by atoms with van der Waals surface area (Å²) in [6.45, 7) is 0. The normalized spacial score (nSPS) is 9.71. The highest BCUT2D eigenvalue weighted by molar-refractivity contribution is 5.86. The minimum atomic E-state index is 0.557. The van der Waals surface area contributed by atoms with Crippen molar-refractivity contribution in [1.29, 1.82) is 0 Å². The Bertz CT molecular complexity index is 1020. The van der Waals surface area contributed by atoms with Crippen molar-refractivity contribution in [3.05, 3.63) is 108 Å². The molecule has 0 bridgehead atoms. The van der Waals surface area contributed by atoms with Gasteiger partial charge in [-0.1, -0.05) is 54.6 Å². The Labute approximate surface area is 163 Å². The first-order valence-corrected chi connectivity index (χ1v) is 8.67. The maximum atomic E-state index is 10.7. The quantitative estimate of drug-likeness (QED) is 0.401. The number of hydrogen-bond acceptors (Lipinski definition) is 4. The summed E-state index contributed by atoms with van der Waals surface area (Å²) in [6, 6.07) is 27.5. The number of hydrogen-bond donors (Lipinski definition) is 0. The van der Waals surface area contributed by atoms with Gasteiger partial charge in [0.05, 0.1) is 11.8 Å². The summed E-state index contributed by atoms with van der Waals surface area (Å²) in [4.78, 5) is 21.4. The maximum Gasteiger partial charge on any atom is 0.153 e. The lowest BCUT2D eigenvalue weighted by atomic mass is 10.1. The lowest BCUT2D eigenvalue weighted by molar-refractivity contribution is 0.111. The SMILES string of the molecule is O=Cc1ccccc1-c1ccco1.O=Cc1ccccc1Oc1ccccc1. The van der Waals surface area contributed by atoms with Gasteiger partial charge in [-0.05, 0) is 36.4 Å². The molecule has 0 aliphatic heterocycles. The molecule has 28 heavy (non-hydrogen) atoms. The molecule has 0 fully saturated rings. The smallest absolute Gasteiger partial charge is 0.153 e. The number of rotatable bonds is 5. The molecule has 138 valence electrons. The predicted octanol–water partition coefficient (Wildman–Crippen LogP) is 6.05. The summed E-state index contributed by atoms with van der Waals surface area (Å²) in [5.74, 6) is 2.04. The summed E-state index contributed by atoms with van der Waals surface area (Å²) < 4.78 is 10.8. The first-order chi connectivity index (χ1) is 13.8. The Morgan fingerprint density at radius 3 is 1.96 bits per heavy atom. The molecule has 0 aliphatic rings. The highest BCUT2D eigenvalue weighted by Crippen LogP contribution is 2.24. The number of para-hydroxylation sites is 2. The second-order valence-corrected chi connectivity index (χ2v) is 5.75. The Balaban J connectivity index is 0.000000162. The van der Waals surface area contributed by atoms with Gasteiger partial charge in [-0.2, -0.15) is 0 Å². The van der Waals surface area contributed by atoms with E-state index in [2.05, 4.69) is 0 Å². The van der Waals surface area contributed by atoms with E-state index >= 15 is 0 Å². The molecule has 4 aromatic rings. The van der Waals surface area contributed by atoms with Crippen LogP contribution in [0.1, 0.15) is 20.7 Å². The molecule has 0 spiro atoms. The molecule has 0 radical (unpaired) electrons. The number of benzene rings is 3. The highest BCUT2D eigenvalue weighted by atomic mass is 16.5. The summed E-state index contributed by atoms with van der Waals surface area (Å²) >= 11 is 0. The number of carbonyl (C=O) groups is 2. The fourth-order valence-corrected chi connectivity index (χ4v) is 2.54. The third-order valence-corrected chi connectivity index (χ3v) is 3.89. The van der Waals surface area contributed by atoms with Crippen LogP contribution in [0.15, 0.2) is 102 Å². The molecular formula is C24H18O4. The van der Waals surface area contributed by atoms with Crippen LogP contribution in [0.4, 0.5) is 0 Å². The fourth-order valence-electron chi connectivity index (χ4n) is 2.54. The molecule has 1 heterocycles. The van der Waals surface area contributed by atoms with Gasteiger partial charge >= 0.3 is 0 Å². The zero-order valence-corrected chi connectivity index (χ0v) is 15.0. The van der Waals surface area contributed by atoms with Crippen LogP contribution in [0.5, 0.6) is 11.5 Å². The number of aldehydes is 2. The van der Waals surface area contributed by atoms with E-state index in [1.165, 1.54) is 0 Å². The van der Waals surface area contributed by atoms with Gasteiger partial charge in [0, 0.05) is 11.1 Å². The molecule has 1 aromatic heterocycles. The predicted molar refractivity (Wildman–Crippen MR) is 108 cm³/mol. The zero-order valence-electron chi connectivity index (χ0n) is 15.0. The van der Waals surface area contributed by atoms with Crippen LogP contribution in [0.25, 0.3) is 11.3 Å². The van der Waals surface area contributed by atoms with E-state index in [1.807, 2.05) is 66.7 Å². The van der Waals surface area contributed by atoms with Gasteiger partial charge in [-0.25, -0.2) is 0 Å². The monoisotopic (exact) mass is 370 g/mol. The molecule has 0 amide bonds. The number of furan rings is 1. The average Bonchev–Trinajstić information content (AvgIpc) is 3.30. The molecule has 0 N–H and O–H groups in total. The van der Waals surface area contributed by atoms with Gasteiger partial charge in [-0.15, -0.1) is 0 Å². The molecule has 4 nitrogen and oxygen atoms in total. The Kier molecular flexibility index (Phi) is 6.53. The van der Waals surface area contributed by atoms with Crippen LogP contribution >= 0.6 is 0 Å². The van der Waals surface area contributed by atoms with E-state index in [0.29, 0.717) is 16.9 Å². The molecule has 0 atom stereocenters. The lowest BCUT2D eigenvalue weighted by Crippen LogP contribution is -1.89. The molecule has 0 unspecified atom stereocenters. The van der Waals surface area contributed by atoms with Crippen molar-refractivity contribution in [3.63, 3.8) is 0 Å². The van der Waals surface area contributed by atoms with E-state index in [4.69, 9.17) is 9.15 Å². The maximum absolute atomic E-state index is 10.7. The van der Waals surface area contributed by atoms with Crippen LogP contribution in [-0.2, 0) is 0 Å². The highest BCUT2D eigenvalue weighted by Gasteiger charge is 2.04. The largest absolute Gasteiger partial charge is 0.464 e. The molecule has 3 aromatic carbocycles. The van der Waals surface area contributed by atoms with Crippen molar-refractivity contribution in [1.82, 2.24) is 0 Å². The Morgan fingerprint density at radius 2 is 1.29 bits per heavy atom. The molecular weight excluding hydrogens is 352 g/mol. The van der Waals surface area contributed by atoms with Crippen LogP contribution in [-0.4, -0.2) is 12.6 Å². The van der Waals surface area contributed by atoms with Crippen molar-refractivity contribution in [3.8, 4) is 22.8 Å². The first kappa shape index (κ1) is 18.9. The summed E-state index contributed by atoms with van der Waals surface area (Å²) in [5.41, 5.74) is 2.04. The van der Waals surface area contributed by atoms with Crippen LogP contribution in [0, 0.1) is 0 Å². The standard InChI is InChI=1S/C13H10O2.C11H8O2/c14-10-11-6-4-5-9-13(11)15-12-7-2-1-3-8-12;12-8-9-4-1-2-5-10(9)11-6-3-7-13-11/h1-10H;1-8H. The first-order valence-electron chi connectivity index (χ1n) is 8.67. The third-order valence-electron chi connectivity index (χ3n) is 3.89. The lowest BCUT2D eigenvalue weighted by Gasteiger charge is -2.06. The van der Waals surface area contributed by atoms with Gasteiger partial charge in [-0.3, -0.25) is 9.59 Å². The minimum Gasteiger partial charge on any atom is -0.464 e. The molecule has 4 rings (SSSR count). The third kappa shape index (κ3) is 4.83. The topological polar surface area (TPSA) is 56.5 Å². The van der Waals surface area contributed by atoms with Crippen LogP contribution in [0.2, 0.25) is 0 Å². The van der Waals surface area contributed by atoms with E-state index in [0.717, 1.165) is 29.6 Å².